The fourth-order valence-electron chi connectivity index (χ4n) is 1.79. The molecule has 1 aromatic carbocycles. The van der Waals surface area contributed by atoms with Crippen molar-refractivity contribution in [2.45, 2.75) is 6.54 Å². The normalized spacial score (nSPS) is 10.4. The van der Waals surface area contributed by atoms with Crippen LogP contribution in [0, 0.1) is 0 Å². The predicted molar refractivity (Wildman–Crippen MR) is 78.4 cm³/mol. The second-order valence-electron chi connectivity index (χ2n) is 4.23. The number of benzene rings is 1. The summed E-state index contributed by atoms with van der Waals surface area (Å²) in [7, 11) is 0. The fourth-order valence-corrected chi connectivity index (χ4v) is 1.97. The molecule has 2 aromatic heterocycles. The van der Waals surface area contributed by atoms with Gasteiger partial charge in [0.25, 0.3) is 0 Å². The molecule has 0 spiro atoms. The van der Waals surface area contributed by atoms with Crippen molar-refractivity contribution in [2.75, 3.05) is 5.32 Å². The molecule has 3 aromatic rings. The molecule has 0 unspecified atom stereocenters. The summed E-state index contributed by atoms with van der Waals surface area (Å²) in [5, 5.41) is 10.3. The Bertz CT molecular complexity index is 682. The maximum Gasteiger partial charge on any atom is 0.163 e. The average molecular weight is 286 g/mol. The summed E-state index contributed by atoms with van der Waals surface area (Å²) in [6.45, 7) is 0.623. The van der Waals surface area contributed by atoms with Crippen LogP contribution in [0.25, 0.3) is 11.4 Å². The molecule has 0 aliphatic rings. The van der Waals surface area contributed by atoms with E-state index in [4.69, 9.17) is 11.6 Å². The van der Waals surface area contributed by atoms with Crippen LogP contribution in [0.5, 0.6) is 0 Å². The highest BCUT2D eigenvalue weighted by Crippen LogP contribution is 2.20. The second-order valence-corrected chi connectivity index (χ2v) is 4.61. The van der Waals surface area contributed by atoms with E-state index in [1.54, 1.807) is 12.3 Å². The van der Waals surface area contributed by atoms with E-state index in [0.717, 1.165) is 11.1 Å². The van der Waals surface area contributed by atoms with E-state index in [2.05, 4.69) is 25.5 Å². The Morgan fingerprint density at radius 3 is 2.75 bits per heavy atom. The molecule has 20 heavy (non-hydrogen) atoms. The minimum Gasteiger partial charge on any atom is -0.366 e. The molecular formula is C14H12ClN5. The topological polar surface area (TPSA) is 66.5 Å². The summed E-state index contributed by atoms with van der Waals surface area (Å²) in [6.07, 6.45) is 3.59. The first-order valence-electron chi connectivity index (χ1n) is 6.13. The monoisotopic (exact) mass is 285 g/mol. The van der Waals surface area contributed by atoms with Crippen molar-refractivity contribution in [3.8, 4) is 11.4 Å². The molecule has 0 atom stereocenters. The van der Waals surface area contributed by atoms with Crippen LogP contribution in [0.3, 0.4) is 0 Å². The molecule has 0 saturated heterocycles. The highest BCUT2D eigenvalue weighted by atomic mass is 35.5. The van der Waals surface area contributed by atoms with Gasteiger partial charge in [-0.25, -0.2) is 9.97 Å². The zero-order chi connectivity index (χ0) is 13.8. The second kappa shape index (κ2) is 5.71. The number of rotatable bonds is 4. The highest BCUT2D eigenvalue weighted by molar-refractivity contribution is 6.29. The van der Waals surface area contributed by atoms with Crippen molar-refractivity contribution >= 4 is 17.4 Å². The molecule has 3 rings (SSSR count). The molecule has 0 aliphatic carbocycles. The standard InChI is InChI=1S/C14H12ClN5/c15-12-6-13(16-7-10-8-17-18-9-10)20-14(19-12)11-4-2-1-3-5-11/h1-6,8-9H,7H2,(H,17,18)(H,16,19,20). The summed E-state index contributed by atoms with van der Waals surface area (Å²) in [5.74, 6) is 1.29. The quantitative estimate of drug-likeness (QED) is 0.723. The highest BCUT2D eigenvalue weighted by Gasteiger charge is 2.05. The molecule has 0 bridgehead atoms. The summed E-state index contributed by atoms with van der Waals surface area (Å²) in [5.41, 5.74) is 1.97. The van der Waals surface area contributed by atoms with Gasteiger partial charge in [0.05, 0.1) is 6.20 Å². The lowest BCUT2D eigenvalue weighted by Crippen LogP contribution is -2.02. The van der Waals surface area contributed by atoms with Gasteiger partial charge in [-0.1, -0.05) is 41.9 Å². The molecule has 0 saturated carbocycles. The van der Waals surface area contributed by atoms with Crippen molar-refractivity contribution in [1.29, 1.82) is 0 Å². The molecule has 5 nitrogen and oxygen atoms in total. The molecule has 6 heteroatoms. The van der Waals surface area contributed by atoms with E-state index in [1.807, 2.05) is 36.5 Å². The third-order valence-corrected chi connectivity index (χ3v) is 2.95. The van der Waals surface area contributed by atoms with E-state index in [9.17, 15) is 0 Å². The zero-order valence-corrected chi connectivity index (χ0v) is 11.3. The fraction of sp³-hybridized carbons (Fsp3) is 0.0714. The lowest BCUT2D eigenvalue weighted by molar-refractivity contribution is 1.09. The van der Waals surface area contributed by atoms with Crippen LogP contribution in [-0.4, -0.2) is 20.2 Å². The summed E-state index contributed by atoms with van der Waals surface area (Å²) >= 11 is 6.05. The maximum absolute atomic E-state index is 6.05. The number of anilines is 1. The number of nitrogens with one attached hydrogen (secondary N) is 2. The summed E-state index contributed by atoms with van der Waals surface area (Å²) in [6, 6.07) is 11.4. The van der Waals surface area contributed by atoms with Gasteiger partial charge < -0.3 is 5.32 Å². The van der Waals surface area contributed by atoms with Gasteiger partial charge in [-0.05, 0) is 0 Å². The molecule has 2 heterocycles. The molecule has 2 N–H and O–H groups in total. The average Bonchev–Trinajstić information content (AvgIpc) is 2.99. The minimum absolute atomic E-state index is 0.411. The van der Waals surface area contributed by atoms with Crippen molar-refractivity contribution in [2.24, 2.45) is 0 Å². The zero-order valence-electron chi connectivity index (χ0n) is 10.5. The van der Waals surface area contributed by atoms with Crippen molar-refractivity contribution in [3.05, 3.63) is 59.5 Å². The molecule has 0 amide bonds. The summed E-state index contributed by atoms with van der Waals surface area (Å²) < 4.78 is 0. The van der Waals surface area contributed by atoms with Gasteiger partial charge in [0.15, 0.2) is 5.82 Å². The predicted octanol–water partition coefficient (Wildman–Crippen LogP) is 3.13. The SMILES string of the molecule is Clc1cc(NCc2cn[nH]c2)nc(-c2ccccc2)n1. The van der Waals surface area contributed by atoms with Crippen molar-refractivity contribution in [3.63, 3.8) is 0 Å². The van der Waals surface area contributed by atoms with Crippen LogP contribution >= 0.6 is 11.6 Å². The van der Waals surface area contributed by atoms with Gasteiger partial charge in [0.1, 0.15) is 11.0 Å². The Kier molecular flexibility index (Phi) is 3.60. The van der Waals surface area contributed by atoms with Crippen LogP contribution in [0.4, 0.5) is 5.82 Å². The van der Waals surface area contributed by atoms with Gasteiger partial charge in [-0.15, -0.1) is 0 Å². The van der Waals surface area contributed by atoms with Gasteiger partial charge in [0, 0.05) is 29.9 Å². The first-order valence-corrected chi connectivity index (χ1v) is 6.50. The van der Waals surface area contributed by atoms with E-state index in [-0.39, 0.29) is 0 Å². The van der Waals surface area contributed by atoms with Crippen molar-refractivity contribution < 1.29 is 0 Å². The molecular weight excluding hydrogens is 274 g/mol. The van der Waals surface area contributed by atoms with Gasteiger partial charge in [-0.2, -0.15) is 5.10 Å². The van der Waals surface area contributed by atoms with Gasteiger partial charge in [0.2, 0.25) is 0 Å². The number of H-pyrrole nitrogens is 1. The first-order chi connectivity index (χ1) is 9.81. The Morgan fingerprint density at radius 1 is 1.15 bits per heavy atom. The van der Waals surface area contributed by atoms with E-state index >= 15 is 0 Å². The number of aromatic nitrogens is 4. The Balaban J connectivity index is 1.83. The lowest BCUT2D eigenvalue weighted by atomic mass is 10.2. The van der Waals surface area contributed by atoms with Crippen LogP contribution in [0.1, 0.15) is 5.56 Å². The van der Waals surface area contributed by atoms with Crippen LogP contribution < -0.4 is 5.32 Å². The number of halogens is 1. The Labute approximate surface area is 121 Å². The van der Waals surface area contributed by atoms with Crippen LogP contribution in [0.15, 0.2) is 48.8 Å². The smallest absolute Gasteiger partial charge is 0.163 e. The third kappa shape index (κ3) is 2.95. The molecule has 100 valence electrons. The van der Waals surface area contributed by atoms with Crippen LogP contribution in [-0.2, 0) is 6.54 Å². The van der Waals surface area contributed by atoms with Gasteiger partial charge >= 0.3 is 0 Å². The van der Waals surface area contributed by atoms with E-state index < -0.39 is 0 Å². The van der Waals surface area contributed by atoms with Crippen molar-refractivity contribution in [1.82, 2.24) is 20.2 Å². The first kappa shape index (κ1) is 12.6. The number of nitrogens with zero attached hydrogens (tertiary/aromatic N) is 3. The Hall–Kier alpha value is -2.40. The van der Waals surface area contributed by atoms with Gasteiger partial charge in [-0.3, -0.25) is 5.10 Å². The maximum atomic E-state index is 6.05. The largest absolute Gasteiger partial charge is 0.366 e. The Morgan fingerprint density at radius 2 is 2.00 bits per heavy atom. The van der Waals surface area contributed by atoms with E-state index in [0.29, 0.717) is 23.3 Å². The number of hydrogen-bond acceptors (Lipinski definition) is 4. The minimum atomic E-state index is 0.411. The number of aromatic amines is 1. The number of hydrogen-bond donors (Lipinski definition) is 2. The van der Waals surface area contributed by atoms with E-state index in [1.165, 1.54) is 0 Å². The summed E-state index contributed by atoms with van der Waals surface area (Å²) in [4.78, 5) is 8.71. The van der Waals surface area contributed by atoms with Crippen LogP contribution in [0.2, 0.25) is 5.15 Å². The lowest BCUT2D eigenvalue weighted by Gasteiger charge is -2.07. The molecule has 0 aliphatic heterocycles. The molecule has 0 fully saturated rings. The third-order valence-electron chi connectivity index (χ3n) is 2.76. The molecule has 0 radical (unpaired) electrons.